The Balaban J connectivity index is 1.74. The van der Waals surface area contributed by atoms with Crippen LogP contribution in [0.5, 0.6) is 0 Å². The highest BCUT2D eigenvalue weighted by Gasteiger charge is 2.27. The Labute approximate surface area is 144 Å². The topological polar surface area (TPSA) is 40.5 Å². The van der Waals surface area contributed by atoms with Crippen molar-refractivity contribution in [2.75, 3.05) is 32.7 Å². The SMILES string of the molecule is CC[NH+]1CCN(C(=O)C[C@H](c2c[nH]c3ccccc23)C(C)C)CC1. The smallest absolute Gasteiger partial charge is 0.223 e. The first-order chi connectivity index (χ1) is 11.6. The van der Waals surface area contributed by atoms with E-state index in [1.807, 2.05) is 6.07 Å². The van der Waals surface area contributed by atoms with E-state index in [0.717, 1.165) is 38.2 Å². The quantitative estimate of drug-likeness (QED) is 0.866. The Hall–Kier alpha value is -1.81. The lowest BCUT2D eigenvalue weighted by atomic mass is 9.85. The first-order valence-electron chi connectivity index (χ1n) is 9.27. The highest BCUT2D eigenvalue weighted by molar-refractivity contribution is 5.85. The van der Waals surface area contributed by atoms with Crippen LogP contribution in [0, 0.1) is 5.92 Å². The maximum absolute atomic E-state index is 12.8. The van der Waals surface area contributed by atoms with Gasteiger partial charge in [0.25, 0.3) is 0 Å². The summed E-state index contributed by atoms with van der Waals surface area (Å²) in [5, 5.41) is 1.25. The number of nitrogens with one attached hydrogen (secondary N) is 2. The second-order valence-corrected chi connectivity index (χ2v) is 7.33. The molecule has 4 nitrogen and oxygen atoms in total. The van der Waals surface area contributed by atoms with Gasteiger partial charge in [-0.3, -0.25) is 4.79 Å². The number of benzene rings is 1. The second kappa shape index (κ2) is 7.39. The van der Waals surface area contributed by atoms with Crippen LogP contribution in [0.3, 0.4) is 0 Å². The zero-order chi connectivity index (χ0) is 17.1. The number of nitrogens with zero attached hydrogens (tertiary/aromatic N) is 1. The lowest BCUT2D eigenvalue weighted by Gasteiger charge is -2.33. The van der Waals surface area contributed by atoms with E-state index in [9.17, 15) is 4.79 Å². The number of carbonyl (C=O) groups is 1. The number of quaternary nitrogens is 1. The van der Waals surface area contributed by atoms with E-state index in [1.165, 1.54) is 10.9 Å². The van der Waals surface area contributed by atoms with Gasteiger partial charge in [-0.25, -0.2) is 0 Å². The molecule has 1 aliphatic heterocycles. The van der Waals surface area contributed by atoms with Crippen LogP contribution in [-0.2, 0) is 4.79 Å². The largest absolute Gasteiger partial charge is 0.361 e. The van der Waals surface area contributed by atoms with Crippen LogP contribution in [0.4, 0.5) is 0 Å². The first kappa shape index (κ1) is 17.0. The van der Waals surface area contributed by atoms with E-state index in [2.05, 4.69) is 55.1 Å². The van der Waals surface area contributed by atoms with Crippen molar-refractivity contribution in [3.05, 3.63) is 36.0 Å². The molecular weight excluding hydrogens is 298 g/mol. The number of likely N-dealkylation sites (N-methyl/N-ethyl adjacent to an activating group) is 1. The number of aromatic nitrogens is 1. The van der Waals surface area contributed by atoms with E-state index in [1.54, 1.807) is 4.90 Å². The molecule has 1 aliphatic rings. The van der Waals surface area contributed by atoms with Gasteiger partial charge in [0, 0.05) is 23.5 Å². The highest BCUT2D eigenvalue weighted by Crippen LogP contribution is 2.33. The van der Waals surface area contributed by atoms with Gasteiger partial charge in [0.1, 0.15) is 0 Å². The number of aromatic amines is 1. The standard InChI is InChI=1S/C20H29N3O/c1-4-22-9-11-23(12-10-22)20(24)13-17(15(2)3)18-14-21-19-8-6-5-7-16(18)19/h5-8,14-15,17,21H,4,9-13H2,1-3H3/p+1/t17-/m0/s1. The van der Waals surface area contributed by atoms with Crippen molar-refractivity contribution in [3.8, 4) is 0 Å². The maximum Gasteiger partial charge on any atom is 0.223 e. The number of amides is 1. The summed E-state index contributed by atoms with van der Waals surface area (Å²) < 4.78 is 0. The van der Waals surface area contributed by atoms with Crippen molar-refractivity contribution in [1.29, 1.82) is 0 Å². The van der Waals surface area contributed by atoms with Crippen molar-refractivity contribution in [3.63, 3.8) is 0 Å². The van der Waals surface area contributed by atoms with Crippen molar-refractivity contribution in [2.45, 2.75) is 33.1 Å². The number of fused-ring (bicyclic) bond motifs is 1. The fraction of sp³-hybridized carbons (Fsp3) is 0.550. The van der Waals surface area contributed by atoms with Crippen molar-refractivity contribution in [1.82, 2.24) is 9.88 Å². The molecule has 0 radical (unpaired) electrons. The summed E-state index contributed by atoms with van der Waals surface area (Å²) in [4.78, 5) is 19.9. The van der Waals surface area contributed by atoms with E-state index >= 15 is 0 Å². The summed E-state index contributed by atoms with van der Waals surface area (Å²) in [5.41, 5.74) is 2.44. The van der Waals surface area contributed by atoms with Gasteiger partial charge in [-0.2, -0.15) is 0 Å². The molecule has 3 rings (SSSR count). The van der Waals surface area contributed by atoms with Crippen LogP contribution in [0.1, 0.15) is 38.7 Å². The molecule has 1 aromatic carbocycles. The van der Waals surface area contributed by atoms with Gasteiger partial charge in [-0.1, -0.05) is 32.0 Å². The predicted octanol–water partition coefficient (Wildman–Crippen LogP) is 2.04. The maximum atomic E-state index is 12.8. The molecule has 0 spiro atoms. The number of hydrogen-bond donors (Lipinski definition) is 2. The molecule has 1 aromatic heterocycles. The molecule has 1 atom stereocenters. The fourth-order valence-corrected chi connectivity index (χ4v) is 3.85. The normalized spacial score (nSPS) is 17.6. The molecule has 0 saturated carbocycles. The summed E-state index contributed by atoms with van der Waals surface area (Å²) in [6.07, 6.45) is 2.71. The predicted molar refractivity (Wildman–Crippen MR) is 98.3 cm³/mol. The lowest BCUT2D eigenvalue weighted by Crippen LogP contribution is -3.14. The summed E-state index contributed by atoms with van der Waals surface area (Å²) >= 11 is 0. The lowest BCUT2D eigenvalue weighted by molar-refractivity contribution is -0.902. The monoisotopic (exact) mass is 328 g/mol. The van der Waals surface area contributed by atoms with Crippen LogP contribution in [0.25, 0.3) is 10.9 Å². The van der Waals surface area contributed by atoms with Gasteiger partial charge >= 0.3 is 0 Å². The Morgan fingerprint density at radius 2 is 1.96 bits per heavy atom. The van der Waals surface area contributed by atoms with Crippen LogP contribution in [0.15, 0.2) is 30.5 Å². The Kier molecular flexibility index (Phi) is 5.24. The van der Waals surface area contributed by atoms with E-state index in [-0.39, 0.29) is 5.92 Å². The minimum absolute atomic E-state index is 0.269. The molecule has 1 fully saturated rings. The van der Waals surface area contributed by atoms with Crippen LogP contribution in [0.2, 0.25) is 0 Å². The average Bonchev–Trinajstić information content (AvgIpc) is 3.03. The molecule has 130 valence electrons. The highest BCUT2D eigenvalue weighted by atomic mass is 16.2. The Morgan fingerprint density at radius 1 is 1.25 bits per heavy atom. The number of rotatable bonds is 5. The van der Waals surface area contributed by atoms with E-state index < -0.39 is 0 Å². The molecular formula is C20H30N3O+. The third-order valence-electron chi connectivity index (χ3n) is 5.54. The minimum Gasteiger partial charge on any atom is -0.361 e. The second-order valence-electron chi connectivity index (χ2n) is 7.33. The van der Waals surface area contributed by atoms with Crippen molar-refractivity contribution < 1.29 is 9.69 Å². The molecule has 1 saturated heterocycles. The van der Waals surface area contributed by atoms with Gasteiger partial charge in [0.15, 0.2) is 0 Å². The Bertz CT molecular complexity index is 683. The van der Waals surface area contributed by atoms with E-state index in [4.69, 9.17) is 0 Å². The molecule has 2 aromatic rings. The van der Waals surface area contributed by atoms with Crippen molar-refractivity contribution >= 4 is 16.8 Å². The van der Waals surface area contributed by atoms with Gasteiger partial charge in [-0.15, -0.1) is 0 Å². The first-order valence-corrected chi connectivity index (χ1v) is 9.27. The molecule has 4 heteroatoms. The number of piperazine rings is 1. The number of hydrogen-bond acceptors (Lipinski definition) is 1. The zero-order valence-electron chi connectivity index (χ0n) is 15.1. The molecule has 0 unspecified atom stereocenters. The summed E-state index contributed by atoms with van der Waals surface area (Å²) in [6.45, 7) is 11.8. The minimum atomic E-state index is 0.269. The molecule has 0 aliphatic carbocycles. The molecule has 24 heavy (non-hydrogen) atoms. The number of carbonyl (C=O) groups excluding carboxylic acids is 1. The summed E-state index contributed by atoms with van der Waals surface area (Å²) in [5.74, 6) is 1.02. The average molecular weight is 328 g/mol. The summed E-state index contributed by atoms with van der Waals surface area (Å²) in [6, 6.07) is 8.38. The van der Waals surface area contributed by atoms with E-state index in [0.29, 0.717) is 18.2 Å². The molecule has 1 amide bonds. The molecule has 0 bridgehead atoms. The van der Waals surface area contributed by atoms with Gasteiger partial charge in [0.05, 0.1) is 32.7 Å². The van der Waals surface area contributed by atoms with Crippen molar-refractivity contribution in [2.24, 2.45) is 5.92 Å². The summed E-state index contributed by atoms with van der Waals surface area (Å²) in [7, 11) is 0. The van der Waals surface area contributed by atoms with Gasteiger partial charge in [-0.05, 0) is 30.4 Å². The Morgan fingerprint density at radius 3 is 2.62 bits per heavy atom. The van der Waals surface area contributed by atoms with Crippen LogP contribution >= 0.6 is 0 Å². The van der Waals surface area contributed by atoms with Gasteiger partial charge in [0.2, 0.25) is 5.91 Å². The third kappa shape index (κ3) is 3.48. The van der Waals surface area contributed by atoms with Crippen LogP contribution in [-0.4, -0.2) is 48.5 Å². The molecule has 2 heterocycles. The third-order valence-corrected chi connectivity index (χ3v) is 5.54. The van der Waals surface area contributed by atoms with Gasteiger partial charge < -0.3 is 14.8 Å². The zero-order valence-corrected chi connectivity index (χ0v) is 15.1. The van der Waals surface area contributed by atoms with Crippen LogP contribution < -0.4 is 4.90 Å². The number of para-hydroxylation sites is 1. The molecule has 2 N–H and O–H groups in total. The number of H-pyrrole nitrogens is 1. The fourth-order valence-electron chi connectivity index (χ4n) is 3.85.